The minimum Gasteiger partial charge on any atom is -0.478 e. The average molecular weight is 253 g/mol. The third kappa shape index (κ3) is 2.18. The van der Waals surface area contributed by atoms with Crippen LogP contribution in [0, 0.1) is 5.41 Å². The van der Waals surface area contributed by atoms with Crippen molar-refractivity contribution in [2.24, 2.45) is 5.41 Å². The van der Waals surface area contributed by atoms with Gasteiger partial charge in [-0.3, -0.25) is 0 Å². The van der Waals surface area contributed by atoms with Gasteiger partial charge >= 0.3 is 5.97 Å². The lowest BCUT2D eigenvalue weighted by Crippen LogP contribution is -2.22. The van der Waals surface area contributed by atoms with Crippen molar-refractivity contribution < 1.29 is 9.90 Å². The number of aromatic carboxylic acids is 1. The highest BCUT2D eigenvalue weighted by atomic mass is 32.1. The molecule has 1 N–H and O–H groups in total. The number of carboxylic acid groups (broad SMARTS) is 1. The van der Waals surface area contributed by atoms with Crippen LogP contribution >= 0.6 is 11.3 Å². The number of nitrogens with zero attached hydrogens (tertiary/aromatic N) is 1. The molecule has 0 spiro atoms. The molecular formula is C13H19NO2S. The first-order valence-electron chi connectivity index (χ1n) is 5.87. The topological polar surface area (TPSA) is 40.5 Å². The fraction of sp³-hybridized carbons (Fsp3) is 0.615. The van der Waals surface area contributed by atoms with Crippen LogP contribution in [0.25, 0.3) is 0 Å². The molecule has 1 heterocycles. The van der Waals surface area contributed by atoms with E-state index in [1.807, 2.05) is 19.0 Å². The molecule has 0 saturated heterocycles. The fourth-order valence-corrected chi connectivity index (χ4v) is 3.67. The van der Waals surface area contributed by atoms with E-state index < -0.39 is 5.97 Å². The smallest absolute Gasteiger partial charge is 0.338 e. The Kier molecular flexibility index (Phi) is 2.94. The average Bonchev–Trinajstić information content (AvgIpc) is 2.54. The summed E-state index contributed by atoms with van der Waals surface area (Å²) in [6, 6.07) is 0. The Morgan fingerprint density at radius 3 is 2.59 bits per heavy atom. The highest BCUT2D eigenvalue weighted by molar-refractivity contribution is 7.16. The summed E-state index contributed by atoms with van der Waals surface area (Å²) in [4.78, 5) is 14.6. The van der Waals surface area contributed by atoms with Crippen LogP contribution in [0.5, 0.6) is 0 Å². The minimum absolute atomic E-state index is 0.224. The second-order valence-electron chi connectivity index (χ2n) is 5.72. The summed E-state index contributed by atoms with van der Waals surface area (Å²) in [5.41, 5.74) is 1.83. The number of anilines is 1. The number of aryl methyl sites for hydroxylation is 1. The fourth-order valence-electron chi connectivity index (χ4n) is 2.44. The zero-order valence-corrected chi connectivity index (χ0v) is 11.6. The molecule has 4 heteroatoms. The van der Waals surface area contributed by atoms with E-state index in [9.17, 15) is 9.90 Å². The quantitative estimate of drug-likeness (QED) is 0.880. The van der Waals surface area contributed by atoms with Crippen molar-refractivity contribution in [3.8, 4) is 0 Å². The summed E-state index contributed by atoms with van der Waals surface area (Å²) < 4.78 is 0. The molecule has 1 aliphatic rings. The number of rotatable bonds is 2. The van der Waals surface area contributed by atoms with Gasteiger partial charge in [-0.2, -0.15) is 0 Å². The molecule has 0 aliphatic heterocycles. The maximum absolute atomic E-state index is 11.5. The van der Waals surface area contributed by atoms with E-state index in [0.717, 1.165) is 29.8 Å². The predicted octanol–water partition coefficient (Wildman–Crippen LogP) is 3.03. The lowest BCUT2D eigenvalue weighted by atomic mass is 9.76. The Morgan fingerprint density at radius 1 is 1.41 bits per heavy atom. The molecule has 2 rings (SSSR count). The molecule has 0 fully saturated rings. The largest absolute Gasteiger partial charge is 0.478 e. The summed E-state index contributed by atoms with van der Waals surface area (Å²) in [7, 11) is 3.82. The molecule has 1 aromatic heterocycles. The zero-order valence-electron chi connectivity index (χ0n) is 10.8. The first-order chi connectivity index (χ1) is 7.82. The molecule has 0 aromatic carbocycles. The summed E-state index contributed by atoms with van der Waals surface area (Å²) in [6.45, 7) is 4.43. The molecule has 0 amide bonds. The third-order valence-corrected chi connectivity index (χ3v) is 4.84. The molecule has 1 aromatic rings. The normalized spacial score (nSPS) is 17.6. The van der Waals surface area contributed by atoms with Gasteiger partial charge in [0.2, 0.25) is 0 Å². The molecule has 0 saturated carbocycles. The van der Waals surface area contributed by atoms with Gasteiger partial charge in [-0.05, 0) is 30.2 Å². The molecule has 0 atom stereocenters. The summed E-state index contributed by atoms with van der Waals surface area (Å²) >= 11 is 1.64. The van der Waals surface area contributed by atoms with E-state index in [2.05, 4.69) is 13.8 Å². The lowest BCUT2D eigenvalue weighted by Gasteiger charge is -2.29. The molecule has 3 nitrogen and oxygen atoms in total. The van der Waals surface area contributed by atoms with Crippen LogP contribution in [0.2, 0.25) is 0 Å². The Labute approximate surface area is 106 Å². The van der Waals surface area contributed by atoms with Gasteiger partial charge < -0.3 is 10.0 Å². The van der Waals surface area contributed by atoms with Crippen molar-refractivity contribution >= 4 is 22.3 Å². The highest BCUT2D eigenvalue weighted by Crippen LogP contribution is 2.44. The second kappa shape index (κ2) is 4.02. The van der Waals surface area contributed by atoms with E-state index in [-0.39, 0.29) is 5.41 Å². The van der Waals surface area contributed by atoms with Gasteiger partial charge in [0.1, 0.15) is 5.00 Å². The van der Waals surface area contributed by atoms with Gasteiger partial charge in [0.25, 0.3) is 0 Å². The van der Waals surface area contributed by atoms with Gasteiger partial charge in [0.05, 0.1) is 5.56 Å². The number of fused-ring (bicyclic) bond motifs is 1. The second-order valence-corrected chi connectivity index (χ2v) is 6.81. The summed E-state index contributed by atoms with van der Waals surface area (Å²) in [6.07, 6.45) is 3.04. The van der Waals surface area contributed by atoms with Crippen LogP contribution in [-0.4, -0.2) is 25.2 Å². The monoisotopic (exact) mass is 253 g/mol. The van der Waals surface area contributed by atoms with Crippen LogP contribution in [0.1, 0.15) is 41.1 Å². The van der Waals surface area contributed by atoms with Gasteiger partial charge in [0.15, 0.2) is 0 Å². The number of hydrogen-bond donors (Lipinski definition) is 1. The first kappa shape index (κ1) is 12.4. The Balaban J connectivity index is 2.55. The molecule has 17 heavy (non-hydrogen) atoms. The number of carbonyl (C=O) groups is 1. The maximum Gasteiger partial charge on any atom is 0.338 e. The first-order valence-corrected chi connectivity index (χ1v) is 6.68. The Morgan fingerprint density at radius 2 is 2.06 bits per heavy atom. The molecule has 0 radical (unpaired) electrons. The molecule has 94 valence electrons. The van der Waals surface area contributed by atoms with Crippen LogP contribution in [-0.2, 0) is 12.8 Å². The van der Waals surface area contributed by atoms with Gasteiger partial charge in [-0.1, -0.05) is 13.8 Å². The van der Waals surface area contributed by atoms with Crippen molar-refractivity contribution in [1.29, 1.82) is 0 Å². The Bertz CT molecular complexity index is 460. The third-order valence-electron chi connectivity index (χ3n) is 3.38. The van der Waals surface area contributed by atoms with Crippen LogP contribution in [0.4, 0.5) is 5.00 Å². The van der Waals surface area contributed by atoms with Crippen LogP contribution in [0.15, 0.2) is 0 Å². The van der Waals surface area contributed by atoms with Gasteiger partial charge in [0, 0.05) is 19.0 Å². The minimum atomic E-state index is -0.788. The molecule has 1 aliphatic carbocycles. The highest BCUT2D eigenvalue weighted by Gasteiger charge is 2.32. The molecular weight excluding hydrogens is 234 g/mol. The summed E-state index contributed by atoms with van der Waals surface area (Å²) in [5, 5.41) is 10.3. The predicted molar refractivity (Wildman–Crippen MR) is 71.4 cm³/mol. The van der Waals surface area contributed by atoms with Crippen LogP contribution in [0.3, 0.4) is 0 Å². The van der Waals surface area contributed by atoms with Crippen molar-refractivity contribution in [1.82, 2.24) is 0 Å². The van der Waals surface area contributed by atoms with Crippen molar-refractivity contribution in [2.45, 2.75) is 33.1 Å². The van der Waals surface area contributed by atoms with Crippen molar-refractivity contribution in [3.05, 3.63) is 16.0 Å². The van der Waals surface area contributed by atoms with E-state index >= 15 is 0 Å². The van der Waals surface area contributed by atoms with E-state index in [4.69, 9.17) is 0 Å². The van der Waals surface area contributed by atoms with E-state index in [1.54, 1.807) is 11.3 Å². The van der Waals surface area contributed by atoms with E-state index in [1.165, 1.54) is 4.88 Å². The molecule has 0 bridgehead atoms. The van der Waals surface area contributed by atoms with E-state index in [0.29, 0.717) is 5.56 Å². The number of hydrogen-bond acceptors (Lipinski definition) is 3. The molecule has 0 unspecified atom stereocenters. The zero-order chi connectivity index (χ0) is 12.8. The number of carboxylic acids is 1. The maximum atomic E-state index is 11.5. The lowest BCUT2D eigenvalue weighted by molar-refractivity contribution is 0.0696. The summed E-state index contributed by atoms with van der Waals surface area (Å²) in [5.74, 6) is -0.788. The standard InChI is InChI=1S/C13H19NO2S/c1-13(2)6-5-9-8(7-13)10(12(15)16)11(17-9)14(3)4/h5-7H2,1-4H3,(H,15,16). The van der Waals surface area contributed by atoms with Crippen molar-refractivity contribution in [2.75, 3.05) is 19.0 Å². The van der Waals surface area contributed by atoms with Crippen LogP contribution < -0.4 is 4.90 Å². The SMILES string of the molecule is CN(C)c1sc2c(c1C(=O)O)CC(C)(C)CC2. The van der Waals surface area contributed by atoms with Crippen molar-refractivity contribution in [3.63, 3.8) is 0 Å². The Hall–Kier alpha value is -1.03. The number of thiophene rings is 1. The van der Waals surface area contributed by atoms with Gasteiger partial charge in [-0.15, -0.1) is 11.3 Å². The van der Waals surface area contributed by atoms with Gasteiger partial charge in [-0.25, -0.2) is 4.79 Å².